The lowest BCUT2D eigenvalue weighted by Gasteiger charge is -2.41. The van der Waals surface area contributed by atoms with Gasteiger partial charge in [0.2, 0.25) is 53.2 Å². The molecule has 0 radical (unpaired) electrons. The van der Waals surface area contributed by atoms with Gasteiger partial charge in [-0.25, -0.2) is 9.59 Å². The number of methoxy groups -OCH3 is 2. The summed E-state index contributed by atoms with van der Waals surface area (Å²) in [6, 6.07) is 8.71. The van der Waals surface area contributed by atoms with Crippen LogP contribution in [-0.2, 0) is 64.0 Å². The van der Waals surface area contributed by atoms with E-state index >= 15 is 0 Å². The first-order chi connectivity index (χ1) is 48.9. The molecule has 27 heteroatoms. The average molecular weight is 1450 g/mol. The number of carbonyl (C=O) groups excluding carboxylic acids is 11. The Labute approximate surface area is 612 Å². The van der Waals surface area contributed by atoms with Crippen LogP contribution in [-0.4, -0.2) is 198 Å². The maximum absolute atomic E-state index is 14.9. The van der Waals surface area contributed by atoms with Gasteiger partial charge in [-0.1, -0.05) is 148 Å². The maximum atomic E-state index is 14.9. The molecular weight excluding hydrogens is 1340 g/mol. The highest BCUT2D eigenvalue weighted by molar-refractivity contribution is 8.04. The van der Waals surface area contributed by atoms with Crippen molar-refractivity contribution in [1.29, 1.82) is 0 Å². The fourth-order valence-electron chi connectivity index (χ4n) is 13.2. The van der Waals surface area contributed by atoms with Crippen LogP contribution in [0, 0.1) is 29.6 Å². The molecule has 9 N–H and O–H groups in total. The molecule has 0 spiro atoms. The van der Waals surface area contributed by atoms with Gasteiger partial charge >= 0.3 is 12.1 Å². The first-order valence-corrected chi connectivity index (χ1v) is 36.9. The fourth-order valence-corrected chi connectivity index (χ4v) is 14.3. The van der Waals surface area contributed by atoms with Crippen LogP contribution in [0.15, 0.2) is 102 Å². The zero-order valence-corrected chi connectivity index (χ0v) is 63.3. The number of urea groups is 1. The summed E-state index contributed by atoms with van der Waals surface area (Å²) in [4.78, 5) is 157. The number of nitrogens with two attached hydrogens (primary N) is 1. The van der Waals surface area contributed by atoms with Crippen LogP contribution in [0.2, 0.25) is 0 Å². The lowest BCUT2D eigenvalue weighted by molar-refractivity contribution is -0.148. The number of primary amides is 1. The number of aliphatic hydroxyl groups is 1. The molecule has 0 bridgehead atoms. The summed E-state index contributed by atoms with van der Waals surface area (Å²) in [7, 11) is 6.08. The van der Waals surface area contributed by atoms with Gasteiger partial charge in [0.25, 0.3) is 0 Å². The van der Waals surface area contributed by atoms with Crippen molar-refractivity contribution in [3.8, 4) is 0 Å². The van der Waals surface area contributed by atoms with Crippen molar-refractivity contribution in [2.45, 2.75) is 212 Å². The Morgan fingerprint density at radius 1 is 0.728 bits per heavy atom. The molecule has 103 heavy (non-hydrogen) atoms. The molecule has 2 aromatic rings. The normalized spacial score (nSPS) is 19.8. The van der Waals surface area contributed by atoms with Crippen LogP contribution in [0.5, 0.6) is 0 Å². The zero-order chi connectivity index (χ0) is 76.2. The van der Waals surface area contributed by atoms with Crippen molar-refractivity contribution in [2.24, 2.45) is 35.3 Å². The highest BCUT2D eigenvalue weighted by atomic mass is 32.2. The third-order valence-electron chi connectivity index (χ3n) is 19.3. The first kappa shape index (κ1) is 85.2. The number of imide groups is 1. The summed E-state index contributed by atoms with van der Waals surface area (Å²) >= 11 is 1.35. The Morgan fingerprint density at radius 3 is 2.03 bits per heavy atom. The average Bonchev–Trinajstić information content (AvgIpc) is 1.72. The van der Waals surface area contributed by atoms with Gasteiger partial charge in [-0.05, 0) is 105 Å². The fraction of sp³-hybridized carbons (Fsp3) is 0.592. The van der Waals surface area contributed by atoms with Crippen LogP contribution in [0.4, 0.5) is 15.3 Å². The zero-order valence-electron chi connectivity index (χ0n) is 62.5. The quantitative estimate of drug-likeness (QED) is 0.0235. The Morgan fingerprint density at radius 2 is 1.40 bits per heavy atom. The number of aliphatic hydroxyl groups excluding tert-OH is 1. The topological polar surface area (TPSA) is 347 Å². The molecule has 2 aromatic carbocycles. The summed E-state index contributed by atoms with van der Waals surface area (Å²) in [5, 5.41) is 27.2. The molecule has 26 nitrogen and oxygen atoms in total. The number of hydrogen-bond donors (Lipinski definition) is 8. The first-order valence-electron chi connectivity index (χ1n) is 36.0. The predicted octanol–water partition coefficient (Wildman–Crippen LogP) is 7.58. The molecule has 2 unspecified atom stereocenters. The van der Waals surface area contributed by atoms with E-state index in [9.17, 15) is 57.8 Å². The number of hydrogen-bond acceptors (Lipinski definition) is 16. The molecule has 0 saturated carbocycles. The molecule has 0 aromatic heterocycles. The molecule has 5 rings (SSSR count). The number of rotatable bonds is 40. The number of likely N-dealkylation sites (N-methyl/N-ethyl adjacent to an activating group) is 2. The molecule has 2 saturated heterocycles. The van der Waals surface area contributed by atoms with E-state index in [1.165, 1.54) is 42.8 Å². The SMILES string of the molecule is CC[C@H](C)[C@@H]([C@@H](CC(=O)N1CCCC1[C@H](OC)[C@@H](C)C(=O)N[C@H](C)[C@@H](O)c1ccccc1)OC)N(C)C(=O)[C@@H](NC(=O)[C@H](C(C)C)N(C)C(=O)OCc1ccc(NC(=O)[C@H](CCCNC(N)=O)NC(=O)[C@@H](NC(=O)CCCCCN2C(=O)CC(SC3=C/C=C\C=C/C=C\3)C2=O)C(C)C)cc1)C(C)C. The van der Waals surface area contributed by atoms with Crippen molar-refractivity contribution in [3.05, 3.63) is 113 Å². The maximum Gasteiger partial charge on any atom is 0.410 e. The minimum atomic E-state index is -1.13. The van der Waals surface area contributed by atoms with Crippen LogP contribution < -0.4 is 37.6 Å². The monoisotopic (exact) mass is 1450 g/mol. The second-order valence-corrected chi connectivity index (χ2v) is 29.3. The number of amides is 12. The van der Waals surface area contributed by atoms with Gasteiger partial charge in [0.1, 0.15) is 30.8 Å². The number of carbonyl (C=O) groups is 11. The molecule has 12 amide bonds. The van der Waals surface area contributed by atoms with E-state index in [2.05, 4.69) is 31.9 Å². The van der Waals surface area contributed by atoms with Gasteiger partial charge in [-0.15, -0.1) is 11.8 Å². The second kappa shape index (κ2) is 42.4. The minimum Gasteiger partial charge on any atom is -0.445 e. The predicted molar refractivity (Wildman–Crippen MR) is 396 cm³/mol. The molecule has 2 heterocycles. The Kier molecular flexibility index (Phi) is 35.1. The summed E-state index contributed by atoms with van der Waals surface area (Å²) < 4.78 is 17.8. The van der Waals surface area contributed by atoms with Gasteiger partial charge in [0.15, 0.2) is 0 Å². The van der Waals surface area contributed by atoms with E-state index in [0.29, 0.717) is 61.9 Å². The van der Waals surface area contributed by atoms with Crippen molar-refractivity contribution in [1.82, 2.24) is 46.2 Å². The van der Waals surface area contributed by atoms with Gasteiger partial charge in [0.05, 0.1) is 54.0 Å². The smallest absolute Gasteiger partial charge is 0.410 e. The van der Waals surface area contributed by atoms with Gasteiger partial charge in [0, 0.05) is 71.4 Å². The summed E-state index contributed by atoms with van der Waals surface area (Å²) in [6.07, 6.45) is 13.8. The van der Waals surface area contributed by atoms with Crippen LogP contribution >= 0.6 is 11.8 Å². The molecule has 2 fully saturated rings. The standard InChI is InChI=1S/C76H113N11O15S/c1-15-49(8)66(58(100-13)43-61(89)86-42-28-34-57(86)68(101-14)50(9)69(92)79-51(10)67(91)53-29-21-19-22-30-53)84(11)74(97)64(47(4)5)83-72(95)65(48(6)7)85(12)76(99)102-45-52-36-38-54(39-37-52)80-70(93)56(33-27-40-78-75(77)98)81-71(94)63(46(2)3)82-60(88)35-25-20-26-41-87-62(90)44-59(73(87)96)103-55-31-23-17-16-18-24-32-55/h16-19,21-24,29-32,36-39,46-51,56-59,63-68,91H,15,20,25-28,33-35,40-45H2,1-14H3,(H,79,92)(H,80,93)(H,81,94)(H,82,88)(H,83,95)(H3,77,78,98)/b17-16-,18-16?,23-17?,24-18-,31-23-,32-24?,55-31?,55-32+/t49-,50+,51+,56-,57?,58+,59?,63-,64-,65-,66-,67+,68+/m0/s1. The molecule has 3 aliphatic rings. The van der Waals surface area contributed by atoms with Crippen LogP contribution in [0.25, 0.3) is 0 Å². The van der Waals surface area contributed by atoms with Gasteiger partial charge < -0.3 is 66.8 Å². The summed E-state index contributed by atoms with van der Waals surface area (Å²) in [5.41, 5.74) is 6.80. The van der Waals surface area contributed by atoms with Crippen molar-refractivity contribution < 1.29 is 72.1 Å². The number of thioether (sulfide) groups is 1. The lowest BCUT2D eigenvalue weighted by atomic mass is 9.89. The van der Waals surface area contributed by atoms with Crippen molar-refractivity contribution >= 4 is 82.7 Å². The lowest BCUT2D eigenvalue weighted by Crippen LogP contribution is -2.60. The van der Waals surface area contributed by atoms with Gasteiger partial charge in [-0.2, -0.15) is 0 Å². The Bertz CT molecular complexity index is 3310. The Balaban J connectivity index is 1.15. The van der Waals surface area contributed by atoms with E-state index in [1.54, 1.807) is 109 Å². The number of nitrogens with zero attached hydrogens (tertiary/aromatic N) is 4. The van der Waals surface area contributed by atoms with E-state index in [4.69, 9.17) is 19.9 Å². The van der Waals surface area contributed by atoms with Gasteiger partial charge in [-0.3, -0.25) is 53.0 Å². The number of likely N-dealkylation sites (tertiary alicyclic amines) is 2. The number of ether oxygens (including phenoxy) is 3. The van der Waals surface area contributed by atoms with E-state index in [1.807, 2.05) is 74.6 Å². The number of nitrogens with one attached hydrogen (secondary N) is 6. The third kappa shape index (κ3) is 25.5. The summed E-state index contributed by atoms with van der Waals surface area (Å²) in [6.45, 7) is 18.6. The molecule has 13 atom stereocenters. The molecule has 1 aliphatic carbocycles. The number of anilines is 1. The largest absolute Gasteiger partial charge is 0.445 e. The number of unbranched alkanes of at least 4 members (excludes halogenated alkanes) is 2. The van der Waals surface area contributed by atoms with Crippen molar-refractivity contribution in [2.75, 3.05) is 53.3 Å². The third-order valence-corrected chi connectivity index (χ3v) is 20.5. The Hall–Kier alpha value is -8.40. The van der Waals surface area contributed by atoms with Crippen molar-refractivity contribution in [3.63, 3.8) is 0 Å². The highest BCUT2D eigenvalue weighted by Gasteiger charge is 2.45. The van der Waals surface area contributed by atoms with E-state index in [0.717, 1.165) is 4.91 Å². The minimum absolute atomic E-state index is 0.0747. The van der Waals surface area contributed by atoms with Crippen LogP contribution in [0.1, 0.15) is 157 Å². The molecular formula is C76H113N11O15S. The summed E-state index contributed by atoms with van der Waals surface area (Å²) in [5.74, 6) is -5.77. The second-order valence-electron chi connectivity index (χ2n) is 28.0. The molecule has 568 valence electrons. The van der Waals surface area contributed by atoms with E-state index in [-0.39, 0.29) is 87.3 Å². The van der Waals surface area contributed by atoms with Crippen LogP contribution in [0.3, 0.4) is 0 Å². The molecule has 2 aliphatic heterocycles. The number of benzene rings is 2. The highest BCUT2D eigenvalue weighted by Crippen LogP contribution is 2.34. The van der Waals surface area contributed by atoms with E-state index < -0.39 is 125 Å². The number of allylic oxidation sites excluding steroid dienone is 7.